The number of nitrogens with one attached hydrogen (secondary N) is 1. The molecule has 0 spiro atoms. The summed E-state index contributed by atoms with van der Waals surface area (Å²) in [7, 11) is 0. The predicted octanol–water partition coefficient (Wildman–Crippen LogP) is 3.77. The highest BCUT2D eigenvalue weighted by molar-refractivity contribution is 5.67. The first-order valence-electron chi connectivity index (χ1n) is 7.35. The van der Waals surface area contributed by atoms with Crippen LogP contribution in [0.25, 0.3) is 0 Å². The Balaban J connectivity index is 1.98. The third-order valence-electron chi connectivity index (χ3n) is 4.20. The van der Waals surface area contributed by atoms with Crippen molar-refractivity contribution < 1.29 is 18.3 Å². The van der Waals surface area contributed by atoms with Gasteiger partial charge in [0, 0.05) is 18.0 Å². The molecule has 1 amide bonds. The van der Waals surface area contributed by atoms with Crippen LogP contribution in [0.2, 0.25) is 0 Å². The molecule has 2 atom stereocenters. The molecule has 1 aliphatic carbocycles. The molecule has 0 aliphatic heterocycles. The average Bonchev–Trinajstić information content (AvgIpc) is 3.08. The summed E-state index contributed by atoms with van der Waals surface area (Å²) in [5.74, 6) is -0.902. The van der Waals surface area contributed by atoms with Crippen LogP contribution >= 0.6 is 0 Å². The number of hydrogen-bond donors (Lipinski definition) is 1. The zero-order valence-electron chi connectivity index (χ0n) is 12.4. The third-order valence-corrected chi connectivity index (χ3v) is 4.20. The summed E-state index contributed by atoms with van der Waals surface area (Å²) in [6.07, 6.45) is 2.06. The molecule has 5 heteroatoms. The molecule has 2 unspecified atom stereocenters. The van der Waals surface area contributed by atoms with Crippen LogP contribution < -0.4 is 5.32 Å². The number of halogens is 2. The molecule has 1 aromatic rings. The second kappa shape index (κ2) is 6.41. The van der Waals surface area contributed by atoms with E-state index in [0.717, 1.165) is 25.3 Å². The van der Waals surface area contributed by atoms with Crippen LogP contribution in [0.1, 0.15) is 38.7 Å². The predicted molar refractivity (Wildman–Crippen MR) is 76.1 cm³/mol. The van der Waals surface area contributed by atoms with Crippen LogP contribution in [-0.2, 0) is 10.2 Å². The summed E-state index contributed by atoms with van der Waals surface area (Å²) in [6, 6.07) is 3.62. The molecule has 2 rings (SSSR count). The number of carbonyl (C=O) groups excluding carboxylic acids is 1. The molecule has 1 fully saturated rings. The van der Waals surface area contributed by atoms with Gasteiger partial charge in [-0.15, -0.1) is 0 Å². The highest BCUT2D eigenvalue weighted by atomic mass is 19.1. The van der Waals surface area contributed by atoms with Gasteiger partial charge in [0.05, 0.1) is 6.61 Å². The van der Waals surface area contributed by atoms with Gasteiger partial charge in [0.15, 0.2) is 0 Å². The van der Waals surface area contributed by atoms with Crippen molar-refractivity contribution in [1.29, 1.82) is 0 Å². The number of carbonyl (C=O) groups is 1. The molecule has 0 radical (unpaired) electrons. The van der Waals surface area contributed by atoms with Crippen molar-refractivity contribution in [2.75, 3.05) is 13.2 Å². The average molecular weight is 297 g/mol. The smallest absolute Gasteiger partial charge is 0.407 e. The summed E-state index contributed by atoms with van der Waals surface area (Å²) < 4.78 is 32.0. The molecule has 0 aromatic heterocycles. The fraction of sp³-hybridized carbons (Fsp3) is 0.562. The second-order valence-corrected chi connectivity index (χ2v) is 5.73. The number of hydrogen-bond acceptors (Lipinski definition) is 2. The maximum atomic E-state index is 13.9. The number of unbranched alkanes of at least 4 members (excludes halogenated alkanes) is 1. The minimum absolute atomic E-state index is 0.244. The van der Waals surface area contributed by atoms with Crippen LogP contribution in [0.5, 0.6) is 0 Å². The third kappa shape index (κ3) is 3.52. The Morgan fingerprint density at radius 1 is 1.48 bits per heavy atom. The summed E-state index contributed by atoms with van der Waals surface area (Å²) in [6.45, 7) is 4.70. The topological polar surface area (TPSA) is 38.3 Å². The van der Waals surface area contributed by atoms with Gasteiger partial charge in [-0.05, 0) is 30.4 Å². The van der Waals surface area contributed by atoms with Crippen LogP contribution in [0.3, 0.4) is 0 Å². The zero-order chi connectivity index (χ0) is 15.5. The van der Waals surface area contributed by atoms with E-state index < -0.39 is 23.1 Å². The minimum Gasteiger partial charge on any atom is -0.450 e. The van der Waals surface area contributed by atoms with Crippen LogP contribution in [0, 0.1) is 17.6 Å². The van der Waals surface area contributed by atoms with Crippen molar-refractivity contribution in [3.63, 3.8) is 0 Å². The molecule has 1 saturated carbocycles. The summed E-state index contributed by atoms with van der Waals surface area (Å²) in [4.78, 5) is 11.6. The number of alkyl carbamates (subject to hydrolysis) is 1. The quantitative estimate of drug-likeness (QED) is 0.812. The maximum Gasteiger partial charge on any atom is 0.407 e. The first-order valence-corrected chi connectivity index (χ1v) is 7.35. The van der Waals surface area contributed by atoms with Crippen LogP contribution in [0.15, 0.2) is 18.2 Å². The fourth-order valence-electron chi connectivity index (χ4n) is 2.69. The SMILES string of the molecule is CCCCOC(=O)NCC1(c2ccc(F)cc2F)CC1C. The van der Waals surface area contributed by atoms with Gasteiger partial charge in [0.25, 0.3) is 0 Å². The summed E-state index contributed by atoms with van der Waals surface area (Å²) >= 11 is 0. The first-order chi connectivity index (χ1) is 9.99. The van der Waals surface area contributed by atoms with Crippen molar-refractivity contribution in [3.8, 4) is 0 Å². The van der Waals surface area contributed by atoms with E-state index in [-0.39, 0.29) is 5.92 Å². The molecule has 1 aromatic carbocycles. The van der Waals surface area contributed by atoms with Gasteiger partial charge >= 0.3 is 6.09 Å². The maximum absolute atomic E-state index is 13.9. The Hall–Kier alpha value is -1.65. The largest absolute Gasteiger partial charge is 0.450 e. The molecule has 116 valence electrons. The van der Waals surface area contributed by atoms with Gasteiger partial charge in [-0.25, -0.2) is 13.6 Å². The van der Waals surface area contributed by atoms with E-state index in [1.54, 1.807) is 0 Å². The normalized spacial score (nSPS) is 23.7. The molecular weight excluding hydrogens is 276 g/mol. The van der Waals surface area contributed by atoms with Crippen molar-refractivity contribution in [3.05, 3.63) is 35.4 Å². The van der Waals surface area contributed by atoms with Gasteiger partial charge in [0.1, 0.15) is 11.6 Å². The minimum atomic E-state index is -0.591. The van der Waals surface area contributed by atoms with Crippen molar-refractivity contribution in [2.24, 2.45) is 5.92 Å². The highest BCUT2D eigenvalue weighted by Crippen LogP contribution is 2.54. The number of ether oxygens (including phenoxy) is 1. The molecule has 0 saturated heterocycles. The first kappa shape index (κ1) is 15.7. The van der Waals surface area contributed by atoms with Crippen molar-refractivity contribution >= 4 is 6.09 Å². The standard InChI is InChI=1S/C16H21F2NO2/c1-3-4-7-21-15(20)19-10-16(9-11(16)2)13-6-5-12(17)8-14(13)18/h5-6,8,11H,3-4,7,9-10H2,1-2H3,(H,19,20). The Morgan fingerprint density at radius 3 is 2.76 bits per heavy atom. The molecular formula is C16H21F2NO2. The molecule has 1 N–H and O–H groups in total. The lowest BCUT2D eigenvalue weighted by atomic mass is 9.93. The zero-order valence-corrected chi connectivity index (χ0v) is 12.4. The van der Waals surface area contributed by atoms with E-state index in [1.165, 1.54) is 12.1 Å². The Labute approximate surface area is 123 Å². The number of benzene rings is 1. The fourth-order valence-corrected chi connectivity index (χ4v) is 2.69. The summed E-state index contributed by atoms with van der Waals surface area (Å²) in [5.41, 5.74) is 0.0203. The second-order valence-electron chi connectivity index (χ2n) is 5.73. The van der Waals surface area contributed by atoms with Gasteiger partial charge in [-0.2, -0.15) is 0 Å². The highest BCUT2D eigenvalue weighted by Gasteiger charge is 2.53. The van der Waals surface area contributed by atoms with E-state index in [2.05, 4.69) is 5.32 Å². The lowest BCUT2D eigenvalue weighted by molar-refractivity contribution is 0.143. The van der Waals surface area contributed by atoms with Gasteiger partial charge in [0.2, 0.25) is 0 Å². The molecule has 1 aliphatic rings. The van der Waals surface area contributed by atoms with Gasteiger partial charge in [-0.1, -0.05) is 26.3 Å². The lowest BCUT2D eigenvalue weighted by Crippen LogP contribution is -2.34. The van der Waals surface area contributed by atoms with E-state index >= 15 is 0 Å². The van der Waals surface area contributed by atoms with Gasteiger partial charge < -0.3 is 10.1 Å². The number of rotatable bonds is 6. The molecule has 3 nitrogen and oxygen atoms in total. The van der Waals surface area contributed by atoms with Crippen LogP contribution in [0.4, 0.5) is 13.6 Å². The molecule has 0 bridgehead atoms. The monoisotopic (exact) mass is 297 g/mol. The van der Waals surface area contributed by atoms with Crippen molar-refractivity contribution in [1.82, 2.24) is 5.32 Å². The summed E-state index contributed by atoms with van der Waals surface area (Å²) in [5, 5.41) is 2.69. The Morgan fingerprint density at radius 2 is 2.19 bits per heavy atom. The van der Waals surface area contributed by atoms with Crippen molar-refractivity contribution in [2.45, 2.75) is 38.5 Å². The van der Waals surface area contributed by atoms with Gasteiger partial charge in [-0.3, -0.25) is 0 Å². The Kier molecular flexibility index (Phi) is 4.80. The Bertz CT molecular complexity index is 521. The lowest BCUT2D eigenvalue weighted by Gasteiger charge is -2.19. The number of amides is 1. The van der Waals surface area contributed by atoms with E-state index in [1.807, 2.05) is 13.8 Å². The van der Waals surface area contributed by atoms with E-state index in [0.29, 0.717) is 18.7 Å². The molecule has 0 heterocycles. The van der Waals surface area contributed by atoms with E-state index in [4.69, 9.17) is 4.74 Å². The molecule has 21 heavy (non-hydrogen) atoms. The van der Waals surface area contributed by atoms with Crippen LogP contribution in [-0.4, -0.2) is 19.2 Å². The van der Waals surface area contributed by atoms with E-state index in [9.17, 15) is 13.6 Å².